The minimum Gasteiger partial charge on any atom is -0.366 e. The van der Waals surface area contributed by atoms with Crippen LogP contribution in [0.2, 0.25) is 5.15 Å². The number of halogens is 1. The standard InChI is InChI=1S/C18H19ClN4/c1-2-23-9-8-14-15(10-20)17(19)22-18(16(14)12-23)21-11-13-6-4-3-5-7-13/h3-7H,2,8-9,11-12H2,1H3,(H,21,22). The van der Waals surface area contributed by atoms with Crippen LogP contribution in [0.5, 0.6) is 0 Å². The summed E-state index contributed by atoms with van der Waals surface area (Å²) < 4.78 is 0. The zero-order valence-electron chi connectivity index (χ0n) is 13.1. The third-order valence-corrected chi connectivity index (χ3v) is 4.56. The predicted octanol–water partition coefficient (Wildman–Crippen LogP) is 3.60. The van der Waals surface area contributed by atoms with Crippen molar-refractivity contribution < 1.29 is 0 Å². The van der Waals surface area contributed by atoms with E-state index in [1.807, 2.05) is 18.2 Å². The second kappa shape index (κ2) is 6.99. The summed E-state index contributed by atoms with van der Waals surface area (Å²) in [7, 11) is 0. The van der Waals surface area contributed by atoms with Gasteiger partial charge in [0.1, 0.15) is 17.0 Å². The molecular weight excluding hydrogens is 308 g/mol. The number of aromatic nitrogens is 1. The molecule has 0 bridgehead atoms. The maximum absolute atomic E-state index is 9.39. The van der Waals surface area contributed by atoms with Crippen LogP contribution in [-0.4, -0.2) is 23.0 Å². The van der Waals surface area contributed by atoms with Crippen molar-refractivity contribution >= 4 is 17.4 Å². The Labute approximate surface area is 141 Å². The van der Waals surface area contributed by atoms with Crippen LogP contribution in [0.25, 0.3) is 0 Å². The van der Waals surface area contributed by atoms with E-state index in [-0.39, 0.29) is 0 Å². The highest BCUT2D eigenvalue weighted by Gasteiger charge is 2.24. The first-order chi connectivity index (χ1) is 11.2. The van der Waals surface area contributed by atoms with E-state index in [1.54, 1.807) is 0 Å². The van der Waals surface area contributed by atoms with E-state index in [1.165, 1.54) is 5.56 Å². The van der Waals surface area contributed by atoms with Gasteiger partial charge < -0.3 is 5.32 Å². The van der Waals surface area contributed by atoms with E-state index >= 15 is 0 Å². The molecule has 0 spiro atoms. The zero-order chi connectivity index (χ0) is 16.2. The number of fused-ring (bicyclic) bond motifs is 1. The van der Waals surface area contributed by atoms with Crippen LogP contribution >= 0.6 is 11.6 Å². The maximum atomic E-state index is 9.39. The van der Waals surface area contributed by atoms with Crippen molar-refractivity contribution in [3.63, 3.8) is 0 Å². The number of benzene rings is 1. The van der Waals surface area contributed by atoms with Crippen LogP contribution in [0.3, 0.4) is 0 Å². The van der Waals surface area contributed by atoms with Crippen LogP contribution in [-0.2, 0) is 19.5 Å². The van der Waals surface area contributed by atoms with Gasteiger partial charge >= 0.3 is 0 Å². The molecule has 0 unspecified atom stereocenters. The van der Waals surface area contributed by atoms with Gasteiger partial charge in [0, 0.05) is 25.2 Å². The molecule has 0 fully saturated rings. The fraction of sp³-hybridized carbons (Fsp3) is 0.333. The lowest BCUT2D eigenvalue weighted by Gasteiger charge is -2.29. The third-order valence-electron chi connectivity index (χ3n) is 4.29. The van der Waals surface area contributed by atoms with Crippen molar-refractivity contribution in [1.82, 2.24) is 9.88 Å². The Morgan fingerprint density at radius 3 is 2.78 bits per heavy atom. The molecule has 4 nitrogen and oxygen atoms in total. The minimum absolute atomic E-state index is 0.298. The molecule has 5 heteroatoms. The number of hydrogen-bond acceptors (Lipinski definition) is 4. The minimum atomic E-state index is 0.298. The predicted molar refractivity (Wildman–Crippen MR) is 92.4 cm³/mol. The van der Waals surface area contributed by atoms with Crippen LogP contribution in [0, 0.1) is 11.3 Å². The average molecular weight is 327 g/mol. The molecule has 118 valence electrons. The monoisotopic (exact) mass is 326 g/mol. The third kappa shape index (κ3) is 3.31. The molecule has 0 amide bonds. The molecule has 1 aliphatic heterocycles. The number of rotatable bonds is 4. The molecule has 0 atom stereocenters. The van der Waals surface area contributed by atoms with Gasteiger partial charge in [0.15, 0.2) is 0 Å². The van der Waals surface area contributed by atoms with Gasteiger partial charge in [-0.3, -0.25) is 4.90 Å². The first kappa shape index (κ1) is 15.8. The second-order valence-electron chi connectivity index (χ2n) is 5.65. The Bertz CT molecular complexity index is 737. The quantitative estimate of drug-likeness (QED) is 0.872. The molecular formula is C18H19ClN4. The first-order valence-corrected chi connectivity index (χ1v) is 8.22. The summed E-state index contributed by atoms with van der Waals surface area (Å²) in [5.41, 5.74) is 3.87. The average Bonchev–Trinajstić information content (AvgIpc) is 2.60. The molecule has 1 N–H and O–H groups in total. The Balaban J connectivity index is 1.93. The molecule has 2 aromatic rings. The molecule has 0 saturated heterocycles. The van der Waals surface area contributed by atoms with Crippen molar-refractivity contribution in [2.45, 2.75) is 26.4 Å². The summed E-state index contributed by atoms with van der Waals surface area (Å²) in [6, 6.07) is 12.4. The smallest absolute Gasteiger partial charge is 0.149 e. The van der Waals surface area contributed by atoms with Crippen LogP contribution < -0.4 is 5.32 Å². The van der Waals surface area contributed by atoms with Crippen molar-refractivity contribution in [1.29, 1.82) is 5.26 Å². The van der Waals surface area contributed by atoms with Gasteiger partial charge in [-0.2, -0.15) is 5.26 Å². The molecule has 0 aliphatic carbocycles. The van der Waals surface area contributed by atoms with E-state index in [0.29, 0.717) is 17.3 Å². The van der Waals surface area contributed by atoms with Gasteiger partial charge in [-0.1, -0.05) is 48.9 Å². The Kier molecular flexibility index (Phi) is 4.80. The Morgan fingerprint density at radius 2 is 2.09 bits per heavy atom. The zero-order valence-corrected chi connectivity index (χ0v) is 13.9. The lowest BCUT2D eigenvalue weighted by molar-refractivity contribution is 0.268. The van der Waals surface area contributed by atoms with Gasteiger partial charge in [-0.25, -0.2) is 4.98 Å². The number of nitrogens with zero attached hydrogens (tertiary/aromatic N) is 3. The number of anilines is 1. The van der Waals surface area contributed by atoms with Gasteiger partial charge in [0.05, 0.1) is 5.56 Å². The van der Waals surface area contributed by atoms with Gasteiger partial charge in [0.25, 0.3) is 0 Å². The molecule has 1 aliphatic rings. The Morgan fingerprint density at radius 1 is 1.30 bits per heavy atom. The summed E-state index contributed by atoms with van der Waals surface area (Å²) in [5, 5.41) is 13.1. The summed E-state index contributed by atoms with van der Waals surface area (Å²) in [4.78, 5) is 6.80. The van der Waals surface area contributed by atoms with E-state index in [4.69, 9.17) is 11.6 Å². The van der Waals surface area contributed by atoms with Gasteiger partial charge in [0.2, 0.25) is 0 Å². The highest BCUT2D eigenvalue weighted by molar-refractivity contribution is 6.30. The molecule has 3 rings (SSSR count). The fourth-order valence-corrected chi connectivity index (χ4v) is 3.21. The van der Waals surface area contributed by atoms with E-state index in [0.717, 1.165) is 43.0 Å². The SMILES string of the molecule is CCN1CCc2c(C#N)c(Cl)nc(NCc3ccccc3)c2C1. The van der Waals surface area contributed by atoms with Crippen LogP contribution in [0.15, 0.2) is 30.3 Å². The first-order valence-electron chi connectivity index (χ1n) is 7.84. The Hall–Kier alpha value is -2.09. The topological polar surface area (TPSA) is 52.0 Å². The van der Waals surface area contributed by atoms with Crippen molar-refractivity contribution in [3.05, 3.63) is 57.7 Å². The summed E-state index contributed by atoms with van der Waals surface area (Å²) in [6.07, 6.45) is 0.842. The van der Waals surface area contributed by atoms with Crippen LogP contribution in [0.1, 0.15) is 29.2 Å². The number of nitriles is 1. The molecule has 2 heterocycles. The molecule has 0 saturated carbocycles. The number of likely N-dealkylation sites (N-methyl/N-ethyl adjacent to an activating group) is 1. The van der Waals surface area contributed by atoms with Crippen molar-refractivity contribution in [2.24, 2.45) is 0 Å². The molecule has 1 aromatic heterocycles. The van der Waals surface area contributed by atoms with Crippen LogP contribution in [0.4, 0.5) is 5.82 Å². The lowest BCUT2D eigenvalue weighted by atomic mass is 9.96. The van der Waals surface area contributed by atoms with Gasteiger partial charge in [-0.15, -0.1) is 0 Å². The van der Waals surface area contributed by atoms with Crippen molar-refractivity contribution in [2.75, 3.05) is 18.4 Å². The number of hydrogen-bond donors (Lipinski definition) is 1. The molecule has 0 radical (unpaired) electrons. The highest BCUT2D eigenvalue weighted by Crippen LogP contribution is 2.31. The highest BCUT2D eigenvalue weighted by atomic mass is 35.5. The van der Waals surface area contributed by atoms with E-state index < -0.39 is 0 Å². The summed E-state index contributed by atoms with van der Waals surface area (Å²) in [5.74, 6) is 0.797. The fourth-order valence-electron chi connectivity index (χ4n) is 2.97. The second-order valence-corrected chi connectivity index (χ2v) is 6.01. The molecule has 1 aromatic carbocycles. The van der Waals surface area contributed by atoms with E-state index in [2.05, 4.69) is 40.3 Å². The maximum Gasteiger partial charge on any atom is 0.149 e. The van der Waals surface area contributed by atoms with Gasteiger partial charge in [-0.05, 0) is 24.1 Å². The normalized spacial score (nSPS) is 14.1. The summed E-state index contributed by atoms with van der Waals surface area (Å²) in [6.45, 7) is 5.59. The van der Waals surface area contributed by atoms with Crippen molar-refractivity contribution in [3.8, 4) is 6.07 Å². The largest absolute Gasteiger partial charge is 0.366 e. The molecule has 23 heavy (non-hydrogen) atoms. The number of nitrogens with one attached hydrogen (secondary N) is 1. The van der Waals surface area contributed by atoms with E-state index in [9.17, 15) is 5.26 Å². The summed E-state index contributed by atoms with van der Waals surface area (Å²) >= 11 is 6.23. The number of pyridine rings is 1. The lowest BCUT2D eigenvalue weighted by Crippen LogP contribution is -2.31.